The summed E-state index contributed by atoms with van der Waals surface area (Å²) < 4.78 is 18.8. The fourth-order valence-corrected chi connectivity index (χ4v) is 3.12. The number of unbranched alkanes of at least 4 members (excludes halogenated alkanes) is 1. The van der Waals surface area contributed by atoms with E-state index in [1.807, 2.05) is 25.1 Å². The van der Waals surface area contributed by atoms with Gasteiger partial charge < -0.3 is 19.5 Å². The molecule has 0 saturated carbocycles. The molecule has 0 saturated heterocycles. The summed E-state index contributed by atoms with van der Waals surface area (Å²) in [6.45, 7) is 12.6. The Hall–Kier alpha value is -1.52. The molecule has 1 heterocycles. The van der Waals surface area contributed by atoms with Gasteiger partial charge in [0.05, 0.1) is 6.61 Å². The minimum Gasteiger partial charge on any atom is -0.485 e. The number of allylic oxidation sites excluding steroid dienone is 1. The lowest BCUT2D eigenvalue weighted by Gasteiger charge is -2.44. The molecule has 1 aromatic carbocycles. The molecule has 0 spiro atoms. The van der Waals surface area contributed by atoms with E-state index in [0.29, 0.717) is 6.61 Å². The van der Waals surface area contributed by atoms with Crippen LogP contribution in [-0.2, 0) is 9.47 Å². The van der Waals surface area contributed by atoms with Crippen molar-refractivity contribution in [3.8, 4) is 5.75 Å². The maximum absolute atomic E-state index is 6.31. The van der Waals surface area contributed by atoms with Crippen LogP contribution in [0.1, 0.15) is 59.1 Å². The van der Waals surface area contributed by atoms with E-state index in [9.17, 15) is 0 Å². The molecule has 4 nitrogen and oxygen atoms in total. The number of fused-ring (bicyclic) bond motifs is 1. The molecular weight excluding hydrogens is 314 g/mol. The Balaban J connectivity index is 2.34. The van der Waals surface area contributed by atoms with Gasteiger partial charge >= 0.3 is 0 Å². The minimum atomic E-state index is -0.453. The molecule has 140 valence electrons. The predicted octanol–water partition coefficient (Wildman–Crippen LogP) is 5.11. The first-order chi connectivity index (χ1) is 12.0. The van der Waals surface area contributed by atoms with Crippen molar-refractivity contribution in [2.75, 3.05) is 25.1 Å². The molecule has 0 bridgehead atoms. The number of nitrogens with one attached hydrogen (secondary N) is 1. The molecule has 4 heteroatoms. The van der Waals surface area contributed by atoms with Gasteiger partial charge in [0.15, 0.2) is 0 Å². The second kappa shape index (κ2) is 9.25. The van der Waals surface area contributed by atoms with Crippen molar-refractivity contribution in [2.24, 2.45) is 0 Å². The van der Waals surface area contributed by atoms with Crippen molar-refractivity contribution in [3.63, 3.8) is 0 Å². The summed E-state index contributed by atoms with van der Waals surface area (Å²) in [4.78, 5) is 0. The van der Waals surface area contributed by atoms with Crippen molar-refractivity contribution in [1.82, 2.24) is 0 Å². The van der Waals surface area contributed by atoms with Crippen LogP contribution in [-0.4, -0.2) is 31.5 Å². The van der Waals surface area contributed by atoms with Gasteiger partial charge in [0.25, 0.3) is 0 Å². The second-order valence-corrected chi connectivity index (χ2v) is 6.96. The molecular formula is C21H33NO3. The van der Waals surface area contributed by atoms with Crippen LogP contribution in [0.3, 0.4) is 0 Å². The van der Waals surface area contributed by atoms with Crippen molar-refractivity contribution in [1.29, 1.82) is 0 Å². The maximum atomic E-state index is 6.31. The molecule has 2 unspecified atom stereocenters. The van der Waals surface area contributed by atoms with E-state index in [2.05, 4.69) is 45.1 Å². The van der Waals surface area contributed by atoms with Gasteiger partial charge in [-0.1, -0.05) is 25.5 Å². The fourth-order valence-electron chi connectivity index (χ4n) is 3.12. The first-order valence-electron chi connectivity index (χ1n) is 9.44. The quantitative estimate of drug-likeness (QED) is 0.498. The van der Waals surface area contributed by atoms with Gasteiger partial charge in [-0.05, 0) is 52.3 Å². The molecule has 0 aromatic heterocycles. The van der Waals surface area contributed by atoms with Gasteiger partial charge in [-0.25, -0.2) is 0 Å². The molecule has 0 fully saturated rings. The van der Waals surface area contributed by atoms with E-state index >= 15 is 0 Å². The standard InChI is InChI=1S/C21H33NO3/c1-6-9-13-23-19-17-15-16(22-8-3)11-12-18(17)25-21(4,5)20(19)24-14-10-7-2/h7,10-12,15,19-20,22H,6,8-9,13-14H2,1-5H3/b10-7+. The number of rotatable bonds is 9. The average Bonchev–Trinajstić information content (AvgIpc) is 2.57. The Labute approximate surface area is 152 Å². The molecule has 25 heavy (non-hydrogen) atoms. The number of ether oxygens (including phenoxy) is 3. The van der Waals surface area contributed by atoms with Gasteiger partial charge in [0, 0.05) is 24.4 Å². The molecule has 2 rings (SSSR count). The van der Waals surface area contributed by atoms with E-state index in [0.717, 1.165) is 43.0 Å². The number of hydrogen-bond acceptors (Lipinski definition) is 4. The molecule has 1 aliphatic heterocycles. The Bertz CT molecular complexity index is 568. The third kappa shape index (κ3) is 4.99. The average molecular weight is 347 g/mol. The van der Waals surface area contributed by atoms with Crippen LogP contribution in [0, 0.1) is 0 Å². The number of hydrogen-bond donors (Lipinski definition) is 1. The third-order valence-electron chi connectivity index (χ3n) is 4.43. The van der Waals surface area contributed by atoms with E-state index in [1.54, 1.807) is 0 Å². The normalized spacial score (nSPS) is 21.8. The van der Waals surface area contributed by atoms with E-state index < -0.39 is 5.60 Å². The molecule has 1 aromatic rings. The van der Waals surface area contributed by atoms with E-state index in [1.165, 1.54) is 0 Å². The summed E-state index contributed by atoms with van der Waals surface area (Å²) >= 11 is 0. The topological polar surface area (TPSA) is 39.7 Å². The van der Waals surface area contributed by atoms with Crippen LogP contribution in [0.25, 0.3) is 0 Å². The highest BCUT2D eigenvalue weighted by Gasteiger charge is 2.45. The highest BCUT2D eigenvalue weighted by molar-refractivity contribution is 5.53. The highest BCUT2D eigenvalue weighted by Crippen LogP contribution is 2.44. The monoisotopic (exact) mass is 347 g/mol. The number of benzene rings is 1. The fraction of sp³-hybridized carbons (Fsp3) is 0.619. The van der Waals surface area contributed by atoms with Gasteiger partial charge in [-0.2, -0.15) is 0 Å². The van der Waals surface area contributed by atoms with Crippen molar-refractivity contribution < 1.29 is 14.2 Å². The molecule has 1 aliphatic rings. The maximum Gasteiger partial charge on any atom is 0.132 e. The molecule has 1 N–H and O–H groups in total. The van der Waals surface area contributed by atoms with Gasteiger partial charge in [0.1, 0.15) is 23.6 Å². The van der Waals surface area contributed by atoms with Crippen LogP contribution in [0.4, 0.5) is 5.69 Å². The molecule has 0 aliphatic carbocycles. The van der Waals surface area contributed by atoms with Crippen molar-refractivity contribution in [3.05, 3.63) is 35.9 Å². The van der Waals surface area contributed by atoms with Crippen molar-refractivity contribution in [2.45, 2.75) is 65.3 Å². The number of anilines is 1. The Morgan fingerprint density at radius 1 is 1.24 bits per heavy atom. The zero-order valence-corrected chi connectivity index (χ0v) is 16.3. The van der Waals surface area contributed by atoms with E-state index in [4.69, 9.17) is 14.2 Å². The molecule has 0 radical (unpaired) electrons. The highest BCUT2D eigenvalue weighted by atomic mass is 16.6. The summed E-state index contributed by atoms with van der Waals surface area (Å²) in [6, 6.07) is 6.23. The van der Waals surface area contributed by atoms with Crippen LogP contribution < -0.4 is 10.1 Å². The Morgan fingerprint density at radius 3 is 2.72 bits per heavy atom. The zero-order valence-electron chi connectivity index (χ0n) is 16.3. The lowest BCUT2D eigenvalue weighted by Crippen LogP contribution is -2.51. The first-order valence-corrected chi connectivity index (χ1v) is 9.44. The summed E-state index contributed by atoms with van der Waals surface area (Å²) in [7, 11) is 0. The predicted molar refractivity (Wildman–Crippen MR) is 103 cm³/mol. The Kier molecular flexibility index (Phi) is 7.33. The first kappa shape index (κ1) is 19.8. The minimum absolute atomic E-state index is 0.130. The van der Waals surface area contributed by atoms with Gasteiger partial charge in [-0.15, -0.1) is 0 Å². The van der Waals surface area contributed by atoms with Crippen LogP contribution in [0.5, 0.6) is 5.75 Å². The summed E-state index contributed by atoms with van der Waals surface area (Å²) in [5.41, 5.74) is 1.70. The molecule has 2 atom stereocenters. The summed E-state index contributed by atoms with van der Waals surface area (Å²) in [6.07, 6.45) is 5.88. The van der Waals surface area contributed by atoms with Crippen LogP contribution in [0.15, 0.2) is 30.4 Å². The van der Waals surface area contributed by atoms with E-state index in [-0.39, 0.29) is 12.2 Å². The summed E-state index contributed by atoms with van der Waals surface area (Å²) in [5.74, 6) is 0.888. The van der Waals surface area contributed by atoms with Crippen LogP contribution >= 0.6 is 0 Å². The molecule has 0 amide bonds. The lowest BCUT2D eigenvalue weighted by molar-refractivity contribution is -0.157. The van der Waals surface area contributed by atoms with Crippen LogP contribution in [0.2, 0.25) is 0 Å². The SMILES string of the molecule is C/C=C/COC1C(OCCCC)c2cc(NCC)ccc2OC1(C)C. The zero-order chi connectivity index (χ0) is 18.3. The van der Waals surface area contributed by atoms with Gasteiger partial charge in [-0.3, -0.25) is 0 Å². The van der Waals surface area contributed by atoms with Gasteiger partial charge in [0.2, 0.25) is 0 Å². The largest absolute Gasteiger partial charge is 0.485 e. The smallest absolute Gasteiger partial charge is 0.132 e. The lowest BCUT2D eigenvalue weighted by atomic mass is 9.87. The summed E-state index contributed by atoms with van der Waals surface area (Å²) in [5, 5.41) is 3.37. The third-order valence-corrected chi connectivity index (χ3v) is 4.43. The Morgan fingerprint density at radius 2 is 2.04 bits per heavy atom. The van der Waals surface area contributed by atoms with Crippen molar-refractivity contribution >= 4 is 5.69 Å². The second-order valence-electron chi connectivity index (χ2n) is 6.96.